The summed E-state index contributed by atoms with van der Waals surface area (Å²) in [6, 6.07) is 17.2. The molecular weight excluding hydrogens is 418 g/mol. The van der Waals surface area contributed by atoms with E-state index < -0.39 is 5.91 Å². The number of nitrogens with one attached hydrogen (secondary N) is 1. The van der Waals surface area contributed by atoms with Gasteiger partial charge in [-0.3, -0.25) is 14.4 Å². The lowest BCUT2D eigenvalue weighted by molar-refractivity contribution is -0.134. The predicted octanol–water partition coefficient (Wildman–Crippen LogP) is 2.53. The third-order valence-electron chi connectivity index (χ3n) is 5.82. The molecule has 33 heavy (non-hydrogen) atoms. The van der Waals surface area contributed by atoms with Crippen LogP contribution >= 0.6 is 0 Å². The molecular formula is C26H27N3O4. The van der Waals surface area contributed by atoms with Crippen LogP contribution in [0.25, 0.3) is 0 Å². The first-order valence-corrected chi connectivity index (χ1v) is 10.9. The zero-order valence-electron chi connectivity index (χ0n) is 18.8. The van der Waals surface area contributed by atoms with Crippen LogP contribution in [-0.4, -0.2) is 41.5 Å². The van der Waals surface area contributed by atoms with Crippen molar-refractivity contribution < 1.29 is 14.3 Å². The van der Waals surface area contributed by atoms with Crippen LogP contribution in [0, 0.1) is 6.92 Å². The molecule has 0 atom stereocenters. The Bertz CT molecular complexity index is 1230. The van der Waals surface area contributed by atoms with E-state index in [1.165, 1.54) is 7.05 Å². The molecule has 0 saturated carbocycles. The SMILES string of the molecule is CNC(=O)c1c2c(cn(Cc3ccccc3)c1=O)CN(C(=O)COc1cccc(C)c1)CC2. The number of aromatic nitrogens is 1. The smallest absolute Gasteiger partial charge is 0.264 e. The van der Waals surface area contributed by atoms with Crippen LogP contribution in [0.1, 0.15) is 32.6 Å². The van der Waals surface area contributed by atoms with Crippen LogP contribution in [0.15, 0.2) is 65.6 Å². The van der Waals surface area contributed by atoms with Crippen LogP contribution in [-0.2, 0) is 24.3 Å². The monoisotopic (exact) mass is 445 g/mol. The Morgan fingerprint density at radius 1 is 1.09 bits per heavy atom. The van der Waals surface area contributed by atoms with Gasteiger partial charge in [-0.05, 0) is 47.7 Å². The molecule has 7 nitrogen and oxygen atoms in total. The molecule has 0 aliphatic carbocycles. The van der Waals surface area contributed by atoms with Gasteiger partial charge in [0.2, 0.25) is 0 Å². The number of fused-ring (bicyclic) bond motifs is 1. The maximum Gasteiger partial charge on any atom is 0.264 e. The molecule has 170 valence electrons. The molecule has 2 aromatic carbocycles. The van der Waals surface area contributed by atoms with Crippen molar-refractivity contribution in [3.8, 4) is 5.75 Å². The summed E-state index contributed by atoms with van der Waals surface area (Å²) in [6.45, 7) is 3.00. The van der Waals surface area contributed by atoms with Gasteiger partial charge < -0.3 is 19.5 Å². The maximum atomic E-state index is 13.1. The fourth-order valence-corrected chi connectivity index (χ4v) is 4.12. The Balaban J connectivity index is 1.58. The van der Waals surface area contributed by atoms with Crippen LogP contribution in [0.4, 0.5) is 0 Å². The molecule has 2 heterocycles. The lowest BCUT2D eigenvalue weighted by Gasteiger charge is -2.30. The highest BCUT2D eigenvalue weighted by Gasteiger charge is 2.28. The van der Waals surface area contributed by atoms with Gasteiger partial charge in [0.25, 0.3) is 17.4 Å². The van der Waals surface area contributed by atoms with Gasteiger partial charge in [-0.25, -0.2) is 0 Å². The van der Waals surface area contributed by atoms with E-state index in [9.17, 15) is 14.4 Å². The van der Waals surface area contributed by atoms with Crippen molar-refractivity contribution in [2.45, 2.75) is 26.4 Å². The molecule has 0 saturated heterocycles. The topological polar surface area (TPSA) is 80.6 Å². The van der Waals surface area contributed by atoms with Crippen molar-refractivity contribution in [2.75, 3.05) is 20.2 Å². The molecule has 7 heteroatoms. The van der Waals surface area contributed by atoms with Gasteiger partial charge in [0.15, 0.2) is 6.61 Å². The molecule has 1 aliphatic rings. The number of hydrogen-bond donors (Lipinski definition) is 1. The predicted molar refractivity (Wildman–Crippen MR) is 125 cm³/mol. The van der Waals surface area contributed by atoms with E-state index in [2.05, 4.69) is 5.32 Å². The summed E-state index contributed by atoms with van der Waals surface area (Å²) in [5.74, 6) is 0.116. The summed E-state index contributed by atoms with van der Waals surface area (Å²) in [6.07, 6.45) is 2.22. The number of carbonyl (C=O) groups is 2. The van der Waals surface area contributed by atoms with Crippen molar-refractivity contribution in [1.29, 1.82) is 0 Å². The summed E-state index contributed by atoms with van der Waals surface area (Å²) in [5, 5.41) is 2.59. The normalized spacial score (nSPS) is 12.7. The van der Waals surface area contributed by atoms with Crippen LogP contribution < -0.4 is 15.6 Å². The van der Waals surface area contributed by atoms with Gasteiger partial charge >= 0.3 is 0 Å². The van der Waals surface area contributed by atoms with Crippen LogP contribution in [0.2, 0.25) is 0 Å². The number of benzene rings is 2. The second-order valence-electron chi connectivity index (χ2n) is 8.18. The Labute approximate surface area is 192 Å². The third-order valence-corrected chi connectivity index (χ3v) is 5.82. The van der Waals surface area contributed by atoms with Crippen molar-refractivity contribution in [3.05, 3.63) is 99.0 Å². The van der Waals surface area contributed by atoms with Crippen molar-refractivity contribution in [1.82, 2.24) is 14.8 Å². The number of pyridine rings is 1. The quantitative estimate of drug-likeness (QED) is 0.632. The van der Waals surface area contributed by atoms with E-state index in [4.69, 9.17) is 4.74 Å². The summed E-state index contributed by atoms with van der Waals surface area (Å²) >= 11 is 0. The van der Waals surface area contributed by atoms with Gasteiger partial charge in [-0.15, -0.1) is 0 Å². The fourth-order valence-electron chi connectivity index (χ4n) is 4.12. The minimum absolute atomic E-state index is 0.0647. The van der Waals surface area contributed by atoms with E-state index in [0.717, 1.165) is 16.7 Å². The van der Waals surface area contributed by atoms with Crippen molar-refractivity contribution in [2.24, 2.45) is 0 Å². The Morgan fingerprint density at radius 3 is 2.61 bits per heavy atom. The molecule has 3 aromatic rings. The average molecular weight is 446 g/mol. The summed E-state index contributed by atoms with van der Waals surface area (Å²) in [7, 11) is 1.52. The highest BCUT2D eigenvalue weighted by atomic mass is 16.5. The number of hydrogen-bond acceptors (Lipinski definition) is 4. The Morgan fingerprint density at radius 2 is 1.88 bits per heavy atom. The zero-order chi connectivity index (χ0) is 23.4. The van der Waals surface area contributed by atoms with Crippen molar-refractivity contribution in [3.63, 3.8) is 0 Å². The molecule has 4 rings (SSSR count). The van der Waals surface area contributed by atoms with E-state index in [0.29, 0.717) is 37.4 Å². The highest BCUT2D eigenvalue weighted by Crippen LogP contribution is 2.22. The molecule has 0 radical (unpaired) electrons. The van der Waals surface area contributed by atoms with E-state index in [1.54, 1.807) is 15.7 Å². The lowest BCUT2D eigenvalue weighted by atomic mass is 9.96. The largest absolute Gasteiger partial charge is 0.484 e. The first-order valence-electron chi connectivity index (χ1n) is 10.9. The van der Waals surface area contributed by atoms with E-state index in [-0.39, 0.29) is 23.6 Å². The summed E-state index contributed by atoms with van der Waals surface area (Å²) in [5.41, 5.74) is 3.38. The van der Waals surface area contributed by atoms with Crippen LogP contribution in [0.5, 0.6) is 5.75 Å². The average Bonchev–Trinajstić information content (AvgIpc) is 2.83. The van der Waals surface area contributed by atoms with Gasteiger partial charge in [-0.1, -0.05) is 42.5 Å². The number of rotatable bonds is 6. The second-order valence-corrected chi connectivity index (χ2v) is 8.18. The molecule has 2 amide bonds. The molecule has 1 N–H and O–H groups in total. The second kappa shape index (κ2) is 9.73. The van der Waals surface area contributed by atoms with E-state index >= 15 is 0 Å². The number of carbonyl (C=O) groups excluding carboxylic acids is 2. The number of aryl methyl sites for hydroxylation is 1. The summed E-state index contributed by atoms with van der Waals surface area (Å²) in [4.78, 5) is 40.3. The molecule has 1 aliphatic heterocycles. The number of ether oxygens (including phenoxy) is 1. The molecule has 1 aromatic heterocycles. The number of nitrogens with zero attached hydrogens (tertiary/aromatic N) is 2. The Kier molecular flexibility index (Phi) is 6.58. The highest BCUT2D eigenvalue weighted by molar-refractivity contribution is 5.95. The minimum atomic E-state index is -0.402. The maximum absolute atomic E-state index is 13.1. The number of amides is 2. The summed E-state index contributed by atoms with van der Waals surface area (Å²) < 4.78 is 7.23. The zero-order valence-corrected chi connectivity index (χ0v) is 18.8. The molecule has 0 spiro atoms. The van der Waals surface area contributed by atoms with Crippen LogP contribution in [0.3, 0.4) is 0 Å². The Hall–Kier alpha value is -3.87. The lowest BCUT2D eigenvalue weighted by Crippen LogP contribution is -2.42. The fraction of sp³-hybridized carbons (Fsp3) is 0.269. The molecule has 0 unspecified atom stereocenters. The first kappa shape index (κ1) is 22.3. The third kappa shape index (κ3) is 4.98. The minimum Gasteiger partial charge on any atom is -0.484 e. The van der Waals surface area contributed by atoms with Gasteiger partial charge in [-0.2, -0.15) is 0 Å². The van der Waals surface area contributed by atoms with Gasteiger partial charge in [0.1, 0.15) is 11.3 Å². The molecule has 0 fully saturated rings. The van der Waals surface area contributed by atoms with E-state index in [1.807, 2.05) is 61.5 Å². The standard InChI is InChI=1S/C26H27N3O4/c1-18-7-6-10-21(13-18)33-17-23(30)28-12-11-22-20(15-28)16-29(14-19-8-4-3-5-9-19)26(32)24(22)25(31)27-2/h3-10,13,16H,11-12,14-15,17H2,1-2H3,(H,27,31). The first-order chi connectivity index (χ1) is 16.0. The molecule has 0 bridgehead atoms. The van der Waals surface area contributed by atoms with Gasteiger partial charge in [0.05, 0.1) is 6.54 Å². The van der Waals surface area contributed by atoms with Gasteiger partial charge in [0, 0.05) is 26.3 Å². The van der Waals surface area contributed by atoms with Crippen molar-refractivity contribution >= 4 is 11.8 Å².